The van der Waals surface area contributed by atoms with E-state index in [-0.39, 0.29) is 6.61 Å². The molecule has 0 atom stereocenters. The molecule has 1 rings (SSSR count). The SMILES string of the molecule is CCCN(CCN(C)C)S(=O)(=O)c1cc(CO)sc1C. The lowest BCUT2D eigenvalue weighted by Gasteiger charge is -2.23. The van der Waals surface area contributed by atoms with Crippen molar-refractivity contribution in [3.8, 4) is 0 Å². The van der Waals surface area contributed by atoms with Gasteiger partial charge in [0.25, 0.3) is 0 Å². The normalized spacial score (nSPS) is 12.6. The van der Waals surface area contributed by atoms with Crippen molar-refractivity contribution < 1.29 is 13.5 Å². The number of sulfonamides is 1. The molecule has 0 aliphatic carbocycles. The van der Waals surface area contributed by atoms with Gasteiger partial charge in [-0.05, 0) is 33.5 Å². The van der Waals surface area contributed by atoms with Crippen LogP contribution in [0.2, 0.25) is 0 Å². The molecule has 7 heteroatoms. The van der Waals surface area contributed by atoms with Gasteiger partial charge in [0.2, 0.25) is 10.0 Å². The van der Waals surface area contributed by atoms with E-state index in [1.54, 1.807) is 13.0 Å². The maximum Gasteiger partial charge on any atom is 0.244 e. The van der Waals surface area contributed by atoms with Crippen molar-refractivity contribution in [2.45, 2.75) is 31.8 Å². The minimum atomic E-state index is -3.47. The summed E-state index contributed by atoms with van der Waals surface area (Å²) in [6.07, 6.45) is 0.780. The van der Waals surface area contributed by atoms with Gasteiger partial charge >= 0.3 is 0 Å². The van der Waals surface area contributed by atoms with Crippen LogP contribution in [0.25, 0.3) is 0 Å². The molecular weight excluding hydrogens is 296 g/mol. The van der Waals surface area contributed by atoms with Gasteiger partial charge in [-0.3, -0.25) is 0 Å². The van der Waals surface area contributed by atoms with E-state index in [4.69, 9.17) is 5.11 Å². The first-order chi connectivity index (χ1) is 9.32. The fraction of sp³-hybridized carbons (Fsp3) is 0.692. The lowest BCUT2D eigenvalue weighted by atomic mass is 10.4. The van der Waals surface area contributed by atoms with Crippen LogP contribution in [0.15, 0.2) is 11.0 Å². The molecule has 0 aromatic carbocycles. The molecule has 0 saturated heterocycles. The summed E-state index contributed by atoms with van der Waals surface area (Å²) in [5.41, 5.74) is 0. The van der Waals surface area contributed by atoms with E-state index >= 15 is 0 Å². The number of rotatable bonds is 8. The zero-order valence-corrected chi connectivity index (χ0v) is 14.2. The van der Waals surface area contributed by atoms with E-state index in [0.717, 1.165) is 11.3 Å². The minimum absolute atomic E-state index is 0.119. The third-order valence-electron chi connectivity index (χ3n) is 2.97. The van der Waals surface area contributed by atoms with Crippen LogP contribution in [0.3, 0.4) is 0 Å². The Labute approximate surface area is 125 Å². The first-order valence-corrected chi connectivity index (χ1v) is 8.93. The highest BCUT2D eigenvalue weighted by Gasteiger charge is 2.27. The Morgan fingerprint density at radius 3 is 2.35 bits per heavy atom. The van der Waals surface area contributed by atoms with Gasteiger partial charge in [0.15, 0.2) is 0 Å². The summed E-state index contributed by atoms with van der Waals surface area (Å²) < 4.78 is 27.0. The highest BCUT2D eigenvalue weighted by molar-refractivity contribution is 7.89. The van der Waals surface area contributed by atoms with Crippen molar-refractivity contribution in [1.29, 1.82) is 0 Å². The molecule has 0 aliphatic heterocycles. The van der Waals surface area contributed by atoms with Gasteiger partial charge in [0.05, 0.1) is 11.5 Å². The Hall–Kier alpha value is -0.470. The zero-order valence-electron chi connectivity index (χ0n) is 12.6. The molecule has 0 spiro atoms. The van der Waals surface area contributed by atoms with Crippen LogP contribution in [0.5, 0.6) is 0 Å². The highest BCUT2D eigenvalue weighted by atomic mass is 32.2. The summed E-state index contributed by atoms with van der Waals surface area (Å²) >= 11 is 1.33. The van der Waals surface area contributed by atoms with Crippen LogP contribution in [0, 0.1) is 6.92 Å². The van der Waals surface area contributed by atoms with Crippen LogP contribution in [0.1, 0.15) is 23.1 Å². The molecule has 0 bridgehead atoms. The minimum Gasteiger partial charge on any atom is -0.391 e. The zero-order chi connectivity index (χ0) is 15.3. The second kappa shape index (κ2) is 7.51. The van der Waals surface area contributed by atoms with Gasteiger partial charge in [0.1, 0.15) is 0 Å². The second-order valence-electron chi connectivity index (χ2n) is 5.00. The molecule has 1 heterocycles. The van der Waals surface area contributed by atoms with Crippen molar-refractivity contribution in [2.75, 3.05) is 33.7 Å². The molecule has 1 N–H and O–H groups in total. The number of hydrogen-bond donors (Lipinski definition) is 1. The Balaban J connectivity index is 3.05. The van der Waals surface area contributed by atoms with E-state index in [1.807, 2.05) is 25.9 Å². The summed E-state index contributed by atoms with van der Waals surface area (Å²) in [6, 6.07) is 1.59. The fourth-order valence-electron chi connectivity index (χ4n) is 1.91. The second-order valence-corrected chi connectivity index (χ2v) is 8.25. The first kappa shape index (κ1) is 17.6. The third kappa shape index (κ3) is 4.26. The number of nitrogens with zero attached hydrogens (tertiary/aromatic N) is 2. The molecule has 0 unspecified atom stereocenters. The lowest BCUT2D eigenvalue weighted by Crippen LogP contribution is -2.37. The monoisotopic (exact) mass is 320 g/mol. The molecule has 116 valence electrons. The van der Waals surface area contributed by atoms with Crippen molar-refractivity contribution in [3.05, 3.63) is 15.8 Å². The smallest absolute Gasteiger partial charge is 0.244 e. The van der Waals surface area contributed by atoms with Crippen LogP contribution >= 0.6 is 11.3 Å². The molecule has 1 aromatic heterocycles. The summed E-state index contributed by atoms with van der Waals surface area (Å²) in [7, 11) is 0.381. The van der Waals surface area contributed by atoms with Crippen LogP contribution in [-0.4, -0.2) is 56.5 Å². The van der Waals surface area contributed by atoms with E-state index in [1.165, 1.54) is 15.6 Å². The number of likely N-dealkylation sites (N-methyl/N-ethyl adjacent to an activating group) is 1. The van der Waals surface area contributed by atoms with E-state index in [2.05, 4.69) is 0 Å². The number of aliphatic hydroxyl groups excluding tert-OH is 1. The van der Waals surface area contributed by atoms with Crippen LogP contribution in [0.4, 0.5) is 0 Å². The maximum absolute atomic E-state index is 12.7. The number of hydrogen-bond acceptors (Lipinski definition) is 5. The molecule has 5 nitrogen and oxygen atoms in total. The Morgan fingerprint density at radius 2 is 1.90 bits per heavy atom. The van der Waals surface area contributed by atoms with Gasteiger partial charge < -0.3 is 10.0 Å². The maximum atomic E-state index is 12.7. The lowest BCUT2D eigenvalue weighted by molar-refractivity contribution is 0.285. The first-order valence-electron chi connectivity index (χ1n) is 6.68. The Morgan fingerprint density at radius 1 is 1.25 bits per heavy atom. The molecule has 20 heavy (non-hydrogen) atoms. The van der Waals surface area contributed by atoms with Crippen LogP contribution in [-0.2, 0) is 16.6 Å². The van der Waals surface area contributed by atoms with Crippen molar-refractivity contribution in [1.82, 2.24) is 9.21 Å². The van der Waals surface area contributed by atoms with Crippen molar-refractivity contribution in [3.63, 3.8) is 0 Å². The fourth-order valence-corrected chi connectivity index (χ4v) is 4.90. The molecule has 0 aliphatic rings. The average molecular weight is 320 g/mol. The topological polar surface area (TPSA) is 60.9 Å². The predicted molar refractivity (Wildman–Crippen MR) is 82.6 cm³/mol. The molecule has 1 aromatic rings. The van der Waals surface area contributed by atoms with E-state index in [0.29, 0.717) is 29.4 Å². The number of aliphatic hydroxyl groups is 1. The quantitative estimate of drug-likeness (QED) is 0.789. The Bertz CT molecular complexity index is 524. The van der Waals surface area contributed by atoms with Gasteiger partial charge in [0, 0.05) is 29.4 Å². The van der Waals surface area contributed by atoms with E-state index in [9.17, 15) is 8.42 Å². The Kier molecular flexibility index (Phi) is 6.60. The summed E-state index contributed by atoms with van der Waals surface area (Å²) in [5, 5.41) is 9.15. The molecule has 0 fully saturated rings. The van der Waals surface area contributed by atoms with Crippen molar-refractivity contribution >= 4 is 21.4 Å². The molecule has 0 radical (unpaired) electrons. The van der Waals surface area contributed by atoms with E-state index < -0.39 is 10.0 Å². The average Bonchev–Trinajstić information content (AvgIpc) is 2.76. The van der Waals surface area contributed by atoms with Gasteiger partial charge in [-0.15, -0.1) is 11.3 Å². The van der Waals surface area contributed by atoms with Gasteiger partial charge in [-0.2, -0.15) is 4.31 Å². The standard InChI is InChI=1S/C13H24N2O3S2/c1-5-6-15(8-7-14(3)4)20(17,18)13-9-12(10-16)19-11(13)2/h9,16H,5-8,10H2,1-4H3. The van der Waals surface area contributed by atoms with Gasteiger partial charge in [-0.25, -0.2) is 8.42 Å². The van der Waals surface area contributed by atoms with Crippen molar-refractivity contribution in [2.24, 2.45) is 0 Å². The van der Waals surface area contributed by atoms with Crippen LogP contribution < -0.4 is 0 Å². The summed E-state index contributed by atoms with van der Waals surface area (Å²) in [4.78, 5) is 3.72. The molecule has 0 saturated carbocycles. The number of aryl methyl sites for hydroxylation is 1. The summed E-state index contributed by atoms with van der Waals surface area (Å²) in [6.45, 7) is 5.32. The predicted octanol–water partition coefficient (Wildman–Crippen LogP) is 1.51. The largest absolute Gasteiger partial charge is 0.391 e. The molecule has 0 amide bonds. The highest BCUT2D eigenvalue weighted by Crippen LogP contribution is 2.28. The van der Waals surface area contributed by atoms with Gasteiger partial charge in [-0.1, -0.05) is 6.92 Å². The number of thiophene rings is 1. The summed E-state index contributed by atoms with van der Waals surface area (Å²) in [5.74, 6) is 0. The molecular formula is C13H24N2O3S2. The third-order valence-corrected chi connectivity index (χ3v) is 6.16.